The van der Waals surface area contributed by atoms with Crippen LogP contribution in [-0.4, -0.2) is 17.7 Å². The van der Waals surface area contributed by atoms with Crippen molar-refractivity contribution in [2.45, 2.75) is 19.6 Å². The number of nitrogens with zero attached hydrogens (tertiary/aromatic N) is 1. The van der Waals surface area contributed by atoms with Crippen molar-refractivity contribution in [2.75, 3.05) is 5.32 Å². The minimum absolute atomic E-state index is 0.238. The zero-order chi connectivity index (χ0) is 16.5. The van der Waals surface area contributed by atoms with E-state index in [0.29, 0.717) is 4.47 Å². The molecule has 0 bridgehead atoms. The molecule has 0 atom stereocenters. The van der Waals surface area contributed by atoms with Crippen LogP contribution in [-0.2, 0) is 19.1 Å². The highest BCUT2D eigenvalue weighted by Gasteiger charge is 2.39. The third kappa shape index (κ3) is 3.24. The molecule has 1 fully saturated rings. The SMILES string of the molecule is CC1(C)OC(=O)C(=CNc2c(Cl)ccc(Br)c2C#N)C(=O)O1. The lowest BCUT2D eigenvalue weighted by molar-refractivity contribution is -0.222. The van der Waals surface area contributed by atoms with Crippen LogP contribution in [0.3, 0.4) is 0 Å². The molecule has 1 aromatic carbocycles. The van der Waals surface area contributed by atoms with E-state index in [4.69, 9.17) is 26.3 Å². The van der Waals surface area contributed by atoms with E-state index in [0.717, 1.165) is 6.20 Å². The number of benzene rings is 1. The highest BCUT2D eigenvalue weighted by atomic mass is 79.9. The molecule has 0 unspecified atom stereocenters. The first kappa shape index (κ1) is 16.3. The van der Waals surface area contributed by atoms with E-state index in [1.54, 1.807) is 12.1 Å². The number of hydrogen-bond donors (Lipinski definition) is 1. The summed E-state index contributed by atoms with van der Waals surface area (Å²) in [6, 6.07) is 5.15. The maximum atomic E-state index is 11.8. The largest absolute Gasteiger partial charge is 0.419 e. The summed E-state index contributed by atoms with van der Waals surface area (Å²) in [4.78, 5) is 23.6. The zero-order valence-corrected chi connectivity index (χ0v) is 13.9. The van der Waals surface area contributed by atoms with E-state index in [-0.39, 0.29) is 21.8 Å². The average Bonchev–Trinajstić information content (AvgIpc) is 2.40. The zero-order valence-electron chi connectivity index (χ0n) is 11.6. The highest BCUT2D eigenvalue weighted by molar-refractivity contribution is 9.10. The van der Waals surface area contributed by atoms with Gasteiger partial charge in [0.15, 0.2) is 5.57 Å². The summed E-state index contributed by atoms with van der Waals surface area (Å²) in [6.45, 7) is 2.90. The fourth-order valence-electron chi connectivity index (χ4n) is 1.73. The van der Waals surface area contributed by atoms with Crippen molar-refractivity contribution in [1.29, 1.82) is 5.26 Å². The molecular formula is C14H10BrClN2O4. The molecule has 0 amide bonds. The standard InChI is InChI=1S/C14H10BrClN2O4/c1-14(2)21-12(19)8(13(20)22-14)6-18-11-7(5-17)9(15)3-4-10(11)16/h3-4,6,18H,1-2H3. The van der Waals surface area contributed by atoms with Gasteiger partial charge in [-0.2, -0.15) is 5.26 Å². The third-order valence-electron chi connectivity index (χ3n) is 2.69. The summed E-state index contributed by atoms with van der Waals surface area (Å²) in [5.74, 6) is -2.95. The monoisotopic (exact) mass is 384 g/mol. The van der Waals surface area contributed by atoms with Crippen molar-refractivity contribution in [3.63, 3.8) is 0 Å². The topological polar surface area (TPSA) is 88.4 Å². The average molecular weight is 386 g/mol. The fourth-order valence-corrected chi connectivity index (χ4v) is 2.36. The molecule has 0 aliphatic carbocycles. The third-order valence-corrected chi connectivity index (χ3v) is 3.67. The Balaban J connectivity index is 2.34. The molecule has 1 aliphatic heterocycles. The van der Waals surface area contributed by atoms with Crippen LogP contribution in [0.1, 0.15) is 19.4 Å². The number of ether oxygens (including phenoxy) is 2. The second-order valence-electron chi connectivity index (χ2n) is 4.77. The van der Waals surface area contributed by atoms with Crippen molar-refractivity contribution < 1.29 is 19.1 Å². The van der Waals surface area contributed by atoms with Gasteiger partial charge in [0.05, 0.1) is 16.3 Å². The van der Waals surface area contributed by atoms with Crippen LogP contribution in [0.2, 0.25) is 5.02 Å². The van der Waals surface area contributed by atoms with Crippen LogP contribution >= 0.6 is 27.5 Å². The second kappa shape index (κ2) is 5.99. The van der Waals surface area contributed by atoms with Crippen molar-refractivity contribution >= 4 is 45.2 Å². The van der Waals surface area contributed by atoms with Crippen molar-refractivity contribution in [1.82, 2.24) is 0 Å². The van der Waals surface area contributed by atoms with Gasteiger partial charge in [-0.15, -0.1) is 0 Å². The fraction of sp³-hybridized carbons (Fsp3) is 0.214. The lowest BCUT2D eigenvalue weighted by atomic mass is 10.2. The predicted molar refractivity (Wildman–Crippen MR) is 81.8 cm³/mol. The number of halogens is 2. The minimum Gasteiger partial charge on any atom is -0.419 e. The Labute approximate surface area is 139 Å². The van der Waals surface area contributed by atoms with Crippen LogP contribution in [0.25, 0.3) is 0 Å². The Hall–Kier alpha value is -2.04. The van der Waals surface area contributed by atoms with Gasteiger partial charge < -0.3 is 14.8 Å². The maximum Gasteiger partial charge on any atom is 0.350 e. The molecule has 1 N–H and O–H groups in total. The Morgan fingerprint density at radius 1 is 1.32 bits per heavy atom. The number of carbonyl (C=O) groups is 2. The number of hydrogen-bond acceptors (Lipinski definition) is 6. The first-order chi connectivity index (χ1) is 10.2. The van der Waals surface area contributed by atoms with Gasteiger partial charge in [-0.1, -0.05) is 11.6 Å². The van der Waals surface area contributed by atoms with E-state index in [1.165, 1.54) is 13.8 Å². The molecule has 0 aromatic heterocycles. The van der Waals surface area contributed by atoms with Crippen molar-refractivity contribution in [3.8, 4) is 6.07 Å². The van der Waals surface area contributed by atoms with Gasteiger partial charge in [-0.25, -0.2) is 9.59 Å². The number of esters is 2. The van der Waals surface area contributed by atoms with Gasteiger partial charge in [0, 0.05) is 24.5 Å². The maximum absolute atomic E-state index is 11.8. The smallest absolute Gasteiger partial charge is 0.350 e. The Kier molecular flexibility index (Phi) is 4.44. The summed E-state index contributed by atoms with van der Waals surface area (Å²) >= 11 is 9.24. The number of carbonyl (C=O) groups excluding carboxylic acids is 2. The van der Waals surface area contributed by atoms with E-state index >= 15 is 0 Å². The molecule has 1 saturated heterocycles. The Morgan fingerprint density at radius 3 is 2.45 bits per heavy atom. The van der Waals surface area contributed by atoms with Gasteiger partial charge in [-0.3, -0.25) is 0 Å². The van der Waals surface area contributed by atoms with Crippen LogP contribution in [0.4, 0.5) is 5.69 Å². The van der Waals surface area contributed by atoms with Gasteiger partial charge in [0.1, 0.15) is 6.07 Å². The Bertz CT molecular complexity index is 715. The molecule has 1 aliphatic rings. The first-order valence-electron chi connectivity index (χ1n) is 6.06. The molecule has 0 spiro atoms. The molecule has 1 heterocycles. The van der Waals surface area contributed by atoms with E-state index in [1.807, 2.05) is 6.07 Å². The number of cyclic esters (lactones) is 2. The molecule has 0 saturated carbocycles. The lowest BCUT2D eigenvalue weighted by Gasteiger charge is -2.29. The van der Waals surface area contributed by atoms with Crippen LogP contribution < -0.4 is 5.32 Å². The summed E-state index contributed by atoms with van der Waals surface area (Å²) in [6.07, 6.45) is 1.11. The van der Waals surface area contributed by atoms with E-state index in [9.17, 15) is 9.59 Å². The van der Waals surface area contributed by atoms with E-state index in [2.05, 4.69) is 21.2 Å². The number of anilines is 1. The van der Waals surface area contributed by atoms with Crippen molar-refractivity contribution in [3.05, 3.63) is 39.0 Å². The highest BCUT2D eigenvalue weighted by Crippen LogP contribution is 2.32. The van der Waals surface area contributed by atoms with Crippen LogP contribution in [0, 0.1) is 11.3 Å². The summed E-state index contributed by atoms with van der Waals surface area (Å²) in [7, 11) is 0. The van der Waals surface area contributed by atoms with E-state index < -0.39 is 17.7 Å². The van der Waals surface area contributed by atoms with Crippen molar-refractivity contribution in [2.24, 2.45) is 0 Å². The quantitative estimate of drug-likeness (QED) is 0.478. The van der Waals surface area contributed by atoms with Gasteiger partial charge >= 0.3 is 11.9 Å². The second-order valence-corrected chi connectivity index (χ2v) is 6.03. The molecule has 8 heteroatoms. The summed E-state index contributed by atoms with van der Waals surface area (Å²) in [5.41, 5.74) is 0.179. The summed E-state index contributed by atoms with van der Waals surface area (Å²) < 4.78 is 10.4. The number of nitriles is 1. The van der Waals surface area contributed by atoms with Crippen LogP contribution in [0.15, 0.2) is 28.4 Å². The van der Waals surface area contributed by atoms with Gasteiger partial charge in [0.2, 0.25) is 0 Å². The number of nitrogens with one attached hydrogen (secondary N) is 1. The molecule has 114 valence electrons. The normalized spacial score (nSPS) is 16.4. The summed E-state index contributed by atoms with van der Waals surface area (Å²) in [5, 5.41) is 12.1. The Morgan fingerprint density at radius 2 is 1.91 bits per heavy atom. The first-order valence-corrected chi connectivity index (χ1v) is 7.24. The molecular weight excluding hydrogens is 376 g/mol. The molecule has 0 radical (unpaired) electrons. The van der Waals surface area contributed by atoms with Crippen LogP contribution in [0.5, 0.6) is 0 Å². The molecule has 22 heavy (non-hydrogen) atoms. The van der Waals surface area contributed by atoms with Gasteiger partial charge in [-0.05, 0) is 28.1 Å². The molecule has 2 rings (SSSR count). The molecule has 6 nitrogen and oxygen atoms in total. The number of rotatable bonds is 2. The van der Waals surface area contributed by atoms with Gasteiger partial charge in [0.25, 0.3) is 5.79 Å². The molecule has 1 aromatic rings. The lowest BCUT2D eigenvalue weighted by Crippen LogP contribution is -2.42. The minimum atomic E-state index is -1.31. The predicted octanol–water partition coefficient (Wildman–Crippen LogP) is 3.11.